The summed E-state index contributed by atoms with van der Waals surface area (Å²) in [7, 11) is 0. The average Bonchev–Trinajstić information content (AvgIpc) is 3.09. The van der Waals surface area contributed by atoms with Gasteiger partial charge in [-0.1, -0.05) is 30.0 Å². The molecule has 0 atom stereocenters. The summed E-state index contributed by atoms with van der Waals surface area (Å²) in [6, 6.07) is 17.5. The molecule has 0 aliphatic rings. The van der Waals surface area contributed by atoms with Crippen molar-refractivity contribution in [2.45, 2.75) is 31.2 Å². The Labute approximate surface area is 181 Å². The third kappa shape index (κ3) is 5.48. The van der Waals surface area contributed by atoms with Gasteiger partial charge in [0.05, 0.1) is 5.75 Å². The number of nitrogen functional groups attached to an aromatic ring is 1. The van der Waals surface area contributed by atoms with Gasteiger partial charge in [0.25, 0.3) is 5.82 Å². The Hall–Kier alpha value is -3.21. The lowest BCUT2D eigenvalue weighted by Crippen LogP contribution is -2.25. The number of anilines is 3. The maximum Gasteiger partial charge on any atom is 0.453 e. The number of aromatic nitrogens is 3. The van der Waals surface area contributed by atoms with Gasteiger partial charge in [-0.3, -0.25) is 4.79 Å². The van der Waals surface area contributed by atoms with Gasteiger partial charge < -0.3 is 16.1 Å². The van der Waals surface area contributed by atoms with Gasteiger partial charge in [0.2, 0.25) is 11.1 Å². The first-order valence-electron chi connectivity index (χ1n) is 9.31. The second kappa shape index (κ2) is 9.29. The van der Waals surface area contributed by atoms with Gasteiger partial charge in [-0.05, 0) is 50.2 Å². The van der Waals surface area contributed by atoms with E-state index in [0.717, 1.165) is 23.1 Å². The first-order chi connectivity index (χ1) is 14.7. The number of hydrogen-bond acceptors (Lipinski definition) is 6. The number of carbonyl (C=O) groups is 1. The number of nitrogens with one attached hydrogen (secondary N) is 1. The van der Waals surface area contributed by atoms with Crippen molar-refractivity contribution in [2.24, 2.45) is 0 Å². The summed E-state index contributed by atoms with van der Waals surface area (Å²) in [4.78, 5) is 14.3. The zero-order valence-corrected chi connectivity index (χ0v) is 17.6. The fourth-order valence-corrected chi connectivity index (χ4v) is 3.59. The lowest BCUT2D eigenvalue weighted by molar-refractivity contribution is -0.146. The number of alkyl halides is 3. The van der Waals surface area contributed by atoms with Gasteiger partial charge >= 0.3 is 6.18 Å². The molecule has 2 aromatic carbocycles. The topological polar surface area (TPSA) is 89.1 Å². The summed E-state index contributed by atoms with van der Waals surface area (Å²) < 4.78 is 38.4. The molecule has 0 spiro atoms. The Bertz CT molecular complexity index is 1020. The Kier molecular flexibility index (Phi) is 6.74. The first kappa shape index (κ1) is 22.5. The fourth-order valence-electron chi connectivity index (χ4n) is 2.94. The highest BCUT2D eigenvalue weighted by Crippen LogP contribution is 2.30. The molecule has 1 heterocycles. The molecule has 0 unspecified atom stereocenters. The van der Waals surface area contributed by atoms with Crippen molar-refractivity contribution in [3.8, 4) is 0 Å². The number of para-hydroxylation sites is 1. The third-order valence-electron chi connectivity index (χ3n) is 4.23. The number of halogens is 3. The molecule has 0 radical (unpaired) electrons. The third-order valence-corrected chi connectivity index (χ3v) is 5.17. The number of rotatable bonds is 7. The van der Waals surface area contributed by atoms with Crippen LogP contribution in [0.4, 0.5) is 30.2 Å². The molecule has 7 nitrogen and oxygen atoms in total. The lowest BCUT2D eigenvalue weighted by atomic mass is 10.2. The van der Waals surface area contributed by atoms with E-state index in [1.165, 1.54) is 0 Å². The SMILES string of the molecule is CC(C)N(c1ccccc1)c1ccc(NC(=O)CSc2nnc(C(F)(F)F)n2N)cc1. The lowest BCUT2D eigenvalue weighted by Gasteiger charge is -2.29. The number of hydrogen-bond donors (Lipinski definition) is 2. The van der Waals surface area contributed by atoms with Crippen molar-refractivity contribution in [2.75, 3.05) is 21.8 Å². The van der Waals surface area contributed by atoms with Crippen LogP contribution in [0, 0.1) is 0 Å². The molecule has 3 rings (SSSR count). The van der Waals surface area contributed by atoms with Crippen molar-refractivity contribution in [3.05, 3.63) is 60.4 Å². The summed E-state index contributed by atoms with van der Waals surface area (Å²) in [6.07, 6.45) is -4.71. The van der Waals surface area contributed by atoms with E-state index in [2.05, 4.69) is 34.3 Å². The van der Waals surface area contributed by atoms with E-state index < -0.39 is 17.9 Å². The van der Waals surface area contributed by atoms with Crippen LogP contribution >= 0.6 is 11.8 Å². The van der Waals surface area contributed by atoms with Gasteiger partial charge in [0.15, 0.2) is 0 Å². The number of nitrogens with zero attached hydrogens (tertiary/aromatic N) is 4. The quantitative estimate of drug-likeness (QED) is 0.412. The Morgan fingerprint density at radius 1 is 1.10 bits per heavy atom. The van der Waals surface area contributed by atoms with Crippen LogP contribution in [0.2, 0.25) is 0 Å². The maximum atomic E-state index is 12.7. The van der Waals surface area contributed by atoms with Gasteiger partial charge in [0, 0.05) is 23.1 Å². The van der Waals surface area contributed by atoms with Crippen LogP contribution < -0.4 is 16.1 Å². The zero-order valence-electron chi connectivity index (χ0n) is 16.8. The Morgan fingerprint density at radius 3 is 2.26 bits per heavy atom. The summed E-state index contributed by atoms with van der Waals surface area (Å²) in [6.45, 7) is 4.17. The zero-order chi connectivity index (χ0) is 22.6. The van der Waals surface area contributed by atoms with Crippen LogP contribution in [0.5, 0.6) is 0 Å². The summed E-state index contributed by atoms with van der Waals surface area (Å²) >= 11 is 0.765. The van der Waals surface area contributed by atoms with E-state index in [4.69, 9.17) is 5.84 Å². The van der Waals surface area contributed by atoms with Crippen molar-refractivity contribution in [1.82, 2.24) is 14.9 Å². The normalized spacial score (nSPS) is 11.5. The van der Waals surface area contributed by atoms with Crippen LogP contribution in [0.1, 0.15) is 19.7 Å². The average molecular weight is 450 g/mol. The van der Waals surface area contributed by atoms with Crippen LogP contribution in [0.3, 0.4) is 0 Å². The highest BCUT2D eigenvalue weighted by atomic mass is 32.2. The van der Waals surface area contributed by atoms with Gasteiger partial charge in [-0.2, -0.15) is 13.2 Å². The Morgan fingerprint density at radius 2 is 1.71 bits per heavy atom. The van der Waals surface area contributed by atoms with Gasteiger partial charge in [-0.25, -0.2) is 4.68 Å². The number of carbonyl (C=O) groups excluding carboxylic acids is 1. The Balaban J connectivity index is 1.62. The molecule has 164 valence electrons. The summed E-state index contributed by atoms with van der Waals surface area (Å²) in [5.74, 6) is 3.47. The molecule has 0 fully saturated rings. The molecule has 31 heavy (non-hydrogen) atoms. The monoisotopic (exact) mass is 450 g/mol. The number of amides is 1. The molecular formula is C20H21F3N6OS. The first-order valence-corrected chi connectivity index (χ1v) is 10.3. The molecule has 1 amide bonds. The van der Waals surface area contributed by atoms with Crippen LogP contribution in [-0.4, -0.2) is 32.6 Å². The van der Waals surface area contributed by atoms with Crippen LogP contribution in [0.25, 0.3) is 0 Å². The minimum Gasteiger partial charge on any atom is -0.339 e. The predicted molar refractivity (Wildman–Crippen MR) is 115 cm³/mol. The van der Waals surface area contributed by atoms with E-state index >= 15 is 0 Å². The molecule has 0 aliphatic carbocycles. The van der Waals surface area contributed by atoms with Crippen molar-refractivity contribution < 1.29 is 18.0 Å². The fraction of sp³-hybridized carbons (Fsp3) is 0.250. The highest BCUT2D eigenvalue weighted by Gasteiger charge is 2.38. The molecule has 0 saturated heterocycles. The minimum absolute atomic E-state index is 0.170. The maximum absolute atomic E-state index is 12.7. The van der Waals surface area contributed by atoms with Crippen LogP contribution in [-0.2, 0) is 11.0 Å². The van der Waals surface area contributed by atoms with Crippen molar-refractivity contribution in [1.29, 1.82) is 0 Å². The van der Waals surface area contributed by atoms with E-state index in [0.29, 0.717) is 10.4 Å². The smallest absolute Gasteiger partial charge is 0.339 e. The molecule has 3 aromatic rings. The van der Waals surface area contributed by atoms with E-state index in [1.807, 2.05) is 42.5 Å². The number of benzene rings is 2. The molecule has 3 N–H and O–H groups in total. The summed E-state index contributed by atoms with van der Waals surface area (Å²) in [5.41, 5.74) is 2.58. The number of thioether (sulfide) groups is 1. The second-order valence-corrected chi connectivity index (χ2v) is 7.80. The van der Waals surface area contributed by atoms with Gasteiger partial charge in [-0.15, -0.1) is 10.2 Å². The predicted octanol–water partition coefficient (Wildman–Crippen LogP) is 4.29. The molecule has 0 bridgehead atoms. The van der Waals surface area contributed by atoms with Crippen molar-refractivity contribution in [3.63, 3.8) is 0 Å². The minimum atomic E-state index is -4.71. The van der Waals surface area contributed by atoms with Crippen LogP contribution in [0.15, 0.2) is 59.8 Å². The van der Waals surface area contributed by atoms with E-state index in [1.54, 1.807) is 12.1 Å². The molecule has 11 heteroatoms. The second-order valence-electron chi connectivity index (χ2n) is 6.86. The van der Waals surface area contributed by atoms with E-state index in [-0.39, 0.29) is 17.0 Å². The largest absolute Gasteiger partial charge is 0.453 e. The molecule has 0 saturated carbocycles. The highest BCUT2D eigenvalue weighted by molar-refractivity contribution is 7.99. The molecule has 0 aliphatic heterocycles. The molecular weight excluding hydrogens is 429 g/mol. The van der Waals surface area contributed by atoms with Crippen molar-refractivity contribution >= 4 is 34.7 Å². The van der Waals surface area contributed by atoms with Gasteiger partial charge in [0.1, 0.15) is 0 Å². The standard InChI is InChI=1S/C20H21F3N6OS/c1-13(2)28(15-6-4-3-5-7-15)16-10-8-14(9-11-16)25-17(30)12-31-19-27-26-18(29(19)24)20(21,22)23/h3-11,13H,12,24H2,1-2H3,(H,25,30). The number of nitrogens with two attached hydrogens (primary N) is 1. The van der Waals surface area contributed by atoms with E-state index in [9.17, 15) is 18.0 Å². The molecule has 1 aromatic heterocycles. The summed E-state index contributed by atoms with van der Waals surface area (Å²) in [5, 5.41) is 8.91.